The van der Waals surface area contributed by atoms with Gasteiger partial charge in [0, 0.05) is 13.0 Å². The van der Waals surface area contributed by atoms with E-state index in [0.29, 0.717) is 13.0 Å². The van der Waals surface area contributed by atoms with Crippen molar-refractivity contribution in [3.8, 4) is 0 Å². The van der Waals surface area contributed by atoms with Gasteiger partial charge in [0.1, 0.15) is 0 Å². The Morgan fingerprint density at radius 3 is 2.81 bits per heavy atom. The van der Waals surface area contributed by atoms with Crippen LogP contribution < -0.4 is 5.32 Å². The maximum absolute atomic E-state index is 9.84. The molecule has 3 N–H and O–H groups in total. The van der Waals surface area contributed by atoms with Crippen molar-refractivity contribution in [1.29, 1.82) is 0 Å². The van der Waals surface area contributed by atoms with Crippen LogP contribution in [0.15, 0.2) is 24.3 Å². The molecule has 0 heterocycles. The molecule has 1 saturated carbocycles. The van der Waals surface area contributed by atoms with Crippen LogP contribution >= 0.6 is 0 Å². The largest absolute Gasteiger partial charge is 0.390 e. The van der Waals surface area contributed by atoms with E-state index in [4.69, 9.17) is 0 Å². The fourth-order valence-electron chi connectivity index (χ4n) is 1.92. The lowest BCUT2D eigenvalue weighted by Gasteiger charge is -2.13. The number of hydrogen-bond acceptors (Lipinski definition) is 3. The van der Waals surface area contributed by atoms with Gasteiger partial charge in [0.05, 0.1) is 11.7 Å². The zero-order valence-corrected chi connectivity index (χ0v) is 9.61. The Balaban J connectivity index is 2.06. The quantitative estimate of drug-likeness (QED) is 0.695. The van der Waals surface area contributed by atoms with Gasteiger partial charge in [-0.1, -0.05) is 24.3 Å². The van der Waals surface area contributed by atoms with Crippen molar-refractivity contribution in [2.24, 2.45) is 0 Å². The molecule has 1 unspecified atom stereocenters. The normalized spacial score (nSPS) is 19.4. The van der Waals surface area contributed by atoms with Crippen LogP contribution in [0.4, 0.5) is 0 Å². The number of nitrogens with one attached hydrogen (secondary N) is 1. The van der Waals surface area contributed by atoms with Gasteiger partial charge in [-0.25, -0.2) is 0 Å². The molecular weight excluding hydrogens is 202 g/mol. The highest BCUT2D eigenvalue weighted by atomic mass is 16.3. The van der Waals surface area contributed by atoms with E-state index in [-0.39, 0.29) is 0 Å². The number of aliphatic hydroxyl groups excluding tert-OH is 1. The van der Waals surface area contributed by atoms with Crippen molar-refractivity contribution >= 4 is 0 Å². The van der Waals surface area contributed by atoms with E-state index < -0.39 is 11.7 Å². The Morgan fingerprint density at radius 1 is 1.44 bits per heavy atom. The monoisotopic (exact) mass is 221 g/mol. The Kier molecular flexibility index (Phi) is 3.28. The predicted octanol–water partition coefficient (Wildman–Crippen LogP) is 1.01. The number of benzene rings is 1. The highest BCUT2D eigenvalue weighted by Crippen LogP contribution is 2.38. The van der Waals surface area contributed by atoms with Crippen LogP contribution in [0.3, 0.4) is 0 Å². The Morgan fingerprint density at radius 2 is 2.19 bits per heavy atom. The summed E-state index contributed by atoms with van der Waals surface area (Å²) in [5.41, 5.74) is 1.55. The third-order valence-corrected chi connectivity index (χ3v) is 3.09. The minimum atomic E-state index is -0.473. The Hall–Kier alpha value is -0.900. The van der Waals surface area contributed by atoms with Crippen molar-refractivity contribution in [2.75, 3.05) is 13.6 Å². The Labute approximate surface area is 96.1 Å². The molecule has 1 fully saturated rings. The van der Waals surface area contributed by atoms with E-state index >= 15 is 0 Å². The van der Waals surface area contributed by atoms with Gasteiger partial charge >= 0.3 is 0 Å². The molecule has 0 saturated heterocycles. The van der Waals surface area contributed by atoms with E-state index in [1.54, 1.807) is 0 Å². The third kappa shape index (κ3) is 2.82. The summed E-state index contributed by atoms with van der Waals surface area (Å²) in [6, 6.07) is 7.85. The van der Waals surface area contributed by atoms with Gasteiger partial charge in [-0.3, -0.25) is 0 Å². The first-order valence-electron chi connectivity index (χ1n) is 5.77. The molecule has 0 aromatic heterocycles. The second-order valence-corrected chi connectivity index (χ2v) is 4.72. The van der Waals surface area contributed by atoms with Crippen LogP contribution in [0, 0.1) is 0 Å². The molecule has 1 aromatic carbocycles. The van der Waals surface area contributed by atoms with Gasteiger partial charge in [0.25, 0.3) is 0 Å². The van der Waals surface area contributed by atoms with Crippen molar-refractivity contribution in [2.45, 2.75) is 31.0 Å². The average Bonchev–Trinajstić information content (AvgIpc) is 2.97. The summed E-state index contributed by atoms with van der Waals surface area (Å²) < 4.78 is 0. The van der Waals surface area contributed by atoms with Gasteiger partial charge in [-0.2, -0.15) is 0 Å². The lowest BCUT2D eigenvalue weighted by atomic mass is 10.0. The van der Waals surface area contributed by atoms with E-state index in [9.17, 15) is 10.2 Å². The molecule has 1 aromatic rings. The molecule has 3 heteroatoms. The average molecular weight is 221 g/mol. The van der Waals surface area contributed by atoms with Gasteiger partial charge in [-0.05, 0) is 31.0 Å². The van der Waals surface area contributed by atoms with Crippen molar-refractivity contribution in [3.63, 3.8) is 0 Å². The van der Waals surface area contributed by atoms with Gasteiger partial charge < -0.3 is 15.5 Å². The molecule has 0 bridgehead atoms. The molecule has 0 radical (unpaired) electrons. The lowest BCUT2D eigenvalue weighted by molar-refractivity contribution is 0.150. The number of hydrogen-bond donors (Lipinski definition) is 3. The minimum absolute atomic E-state index is 0.466. The van der Waals surface area contributed by atoms with Crippen LogP contribution in [-0.4, -0.2) is 29.4 Å². The van der Waals surface area contributed by atoms with Crippen molar-refractivity contribution in [1.82, 2.24) is 5.32 Å². The molecule has 0 amide bonds. The first kappa shape index (κ1) is 11.6. The van der Waals surface area contributed by atoms with E-state index in [0.717, 1.165) is 24.0 Å². The highest BCUT2D eigenvalue weighted by Gasteiger charge is 2.40. The summed E-state index contributed by atoms with van der Waals surface area (Å²) in [6.45, 7) is 0.549. The summed E-state index contributed by atoms with van der Waals surface area (Å²) >= 11 is 0. The fraction of sp³-hybridized carbons (Fsp3) is 0.538. The van der Waals surface area contributed by atoms with E-state index in [1.165, 1.54) is 0 Å². The van der Waals surface area contributed by atoms with Crippen LogP contribution in [0.5, 0.6) is 0 Å². The molecule has 1 aliphatic carbocycles. The van der Waals surface area contributed by atoms with Crippen LogP contribution in [0.1, 0.15) is 30.1 Å². The van der Waals surface area contributed by atoms with Crippen molar-refractivity contribution in [3.05, 3.63) is 35.4 Å². The molecule has 1 aliphatic rings. The standard InChI is InChI=1S/C13H19NO2/c1-14-9-12(15)11-4-2-3-10(7-11)8-13(16)5-6-13/h2-4,7,12,14-16H,5-6,8-9H2,1H3. The highest BCUT2D eigenvalue weighted by molar-refractivity contribution is 5.27. The summed E-state index contributed by atoms with van der Waals surface area (Å²) in [7, 11) is 1.82. The van der Waals surface area contributed by atoms with Gasteiger partial charge in [0.2, 0.25) is 0 Å². The third-order valence-electron chi connectivity index (χ3n) is 3.09. The SMILES string of the molecule is CNCC(O)c1cccc(CC2(O)CC2)c1. The zero-order valence-electron chi connectivity index (χ0n) is 9.61. The topological polar surface area (TPSA) is 52.5 Å². The summed E-state index contributed by atoms with van der Waals surface area (Å²) in [4.78, 5) is 0. The van der Waals surface area contributed by atoms with Crippen molar-refractivity contribution < 1.29 is 10.2 Å². The van der Waals surface area contributed by atoms with Crippen LogP contribution in [-0.2, 0) is 6.42 Å². The predicted molar refractivity (Wildman–Crippen MR) is 63.2 cm³/mol. The molecule has 0 aliphatic heterocycles. The summed E-state index contributed by atoms with van der Waals surface area (Å²) in [5, 5.41) is 22.6. The lowest BCUT2D eigenvalue weighted by Crippen LogP contribution is -2.17. The molecule has 0 spiro atoms. The molecule has 2 rings (SSSR count). The fourth-order valence-corrected chi connectivity index (χ4v) is 1.92. The van der Waals surface area contributed by atoms with E-state index in [2.05, 4.69) is 5.32 Å². The van der Waals surface area contributed by atoms with Crippen LogP contribution in [0.2, 0.25) is 0 Å². The number of likely N-dealkylation sites (N-methyl/N-ethyl adjacent to an activating group) is 1. The molecule has 16 heavy (non-hydrogen) atoms. The summed E-state index contributed by atoms with van der Waals surface area (Å²) in [5.74, 6) is 0. The first-order valence-corrected chi connectivity index (χ1v) is 5.77. The maximum Gasteiger partial charge on any atom is 0.0914 e. The zero-order chi connectivity index (χ0) is 11.6. The van der Waals surface area contributed by atoms with Crippen LogP contribution in [0.25, 0.3) is 0 Å². The molecule has 88 valence electrons. The van der Waals surface area contributed by atoms with Gasteiger partial charge in [0.15, 0.2) is 0 Å². The van der Waals surface area contributed by atoms with Gasteiger partial charge in [-0.15, -0.1) is 0 Å². The maximum atomic E-state index is 9.84. The minimum Gasteiger partial charge on any atom is -0.390 e. The molecule has 3 nitrogen and oxygen atoms in total. The second-order valence-electron chi connectivity index (χ2n) is 4.72. The first-order chi connectivity index (χ1) is 7.63. The number of aliphatic hydroxyl groups is 2. The summed E-state index contributed by atoms with van der Waals surface area (Å²) in [6.07, 6.45) is 2.03. The smallest absolute Gasteiger partial charge is 0.0914 e. The Bertz CT molecular complexity index is 361. The second kappa shape index (κ2) is 4.53. The van der Waals surface area contributed by atoms with E-state index in [1.807, 2.05) is 31.3 Å². The molecular formula is C13H19NO2. The number of rotatable bonds is 5. The molecule has 1 atom stereocenters.